The van der Waals surface area contributed by atoms with Gasteiger partial charge in [-0.1, -0.05) is 11.6 Å². The lowest BCUT2D eigenvalue weighted by Gasteiger charge is -2.08. The second-order valence-electron chi connectivity index (χ2n) is 6.97. The molecular formula is C23H18ClN5OS2. The summed E-state index contributed by atoms with van der Waals surface area (Å²) < 4.78 is 1.72. The number of rotatable bonds is 6. The van der Waals surface area contributed by atoms with Crippen molar-refractivity contribution in [2.24, 2.45) is 0 Å². The lowest BCUT2D eigenvalue weighted by atomic mass is 10.1. The van der Waals surface area contributed by atoms with Crippen LogP contribution >= 0.6 is 34.7 Å². The van der Waals surface area contributed by atoms with Gasteiger partial charge in [0.25, 0.3) is 5.91 Å². The van der Waals surface area contributed by atoms with Gasteiger partial charge in [0.05, 0.1) is 15.8 Å². The number of nitrogens with one attached hydrogen (secondary N) is 2. The van der Waals surface area contributed by atoms with E-state index in [1.165, 1.54) is 23.1 Å². The molecule has 0 aliphatic carbocycles. The quantitative estimate of drug-likeness (QED) is 0.371. The Morgan fingerprint density at radius 2 is 1.97 bits per heavy atom. The van der Waals surface area contributed by atoms with Crippen molar-refractivity contribution in [1.29, 1.82) is 5.26 Å². The molecule has 0 aliphatic rings. The molecule has 4 aromatic rings. The number of fused-ring (bicyclic) bond motifs is 1. The first-order valence-corrected chi connectivity index (χ1v) is 11.7. The molecule has 0 radical (unpaired) electrons. The Kier molecular flexibility index (Phi) is 6.72. The SMILES string of the molecule is CNCc1cc(C)nc(Sc2nc3ccc(NC(=O)c4ccc(Cl)cc4)cc3s2)c1C#N. The molecule has 9 heteroatoms. The van der Waals surface area contributed by atoms with Crippen LogP contribution < -0.4 is 10.6 Å². The summed E-state index contributed by atoms with van der Waals surface area (Å²) in [5.74, 6) is -0.209. The van der Waals surface area contributed by atoms with Gasteiger partial charge in [-0.3, -0.25) is 4.79 Å². The molecule has 4 rings (SSSR count). The van der Waals surface area contributed by atoms with Crippen LogP contribution in [-0.2, 0) is 6.54 Å². The fourth-order valence-electron chi connectivity index (χ4n) is 3.15. The Hall–Kier alpha value is -2.96. The fourth-order valence-corrected chi connectivity index (χ4v) is 5.46. The maximum Gasteiger partial charge on any atom is 0.255 e. The second-order valence-corrected chi connectivity index (χ2v) is 9.67. The molecule has 0 spiro atoms. The first-order valence-electron chi connectivity index (χ1n) is 9.67. The third-order valence-electron chi connectivity index (χ3n) is 4.59. The molecule has 2 aromatic heterocycles. The summed E-state index contributed by atoms with van der Waals surface area (Å²) in [7, 11) is 1.85. The highest BCUT2D eigenvalue weighted by atomic mass is 35.5. The van der Waals surface area contributed by atoms with Crippen LogP contribution in [0.3, 0.4) is 0 Å². The van der Waals surface area contributed by atoms with Gasteiger partial charge in [0.2, 0.25) is 0 Å². The predicted molar refractivity (Wildman–Crippen MR) is 130 cm³/mol. The summed E-state index contributed by atoms with van der Waals surface area (Å²) in [6.07, 6.45) is 0. The number of anilines is 1. The van der Waals surface area contributed by atoms with Gasteiger partial charge in [-0.2, -0.15) is 5.26 Å². The Bertz CT molecular complexity index is 1350. The van der Waals surface area contributed by atoms with E-state index in [0.29, 0.717) is 33.4 Å². The molecule has 1 amide bonds. The van der Waals surface area contributed by atoms with Gasteiger partial charge in [-0.25, -0.2) is 9.97 Å². The highest BCUT2D eigenvalue weighted by Crippen LogP contribution is 2.36. The van der Waals surface area contributed by atoms with E-state index in [-0.39, 0.29) is 5.91 Å². The van der Waals surface area contributed by atoms with Crippen LogP contribution in [0.4, 0.5) is 5.69 Å². The van der Waals surface area contributed by atoms with Crippen LogP contribution in [-0.4, -0.2) is 22.9 Å². The molecule has 160 valence electrons. The summed E-state index contributed by atoms with van der Waals surface area (Å²) >= 11 is 8.77. The first-order chi connectivity index (χ1) is 15.5. The number of hydrogen-bond acceptors (Lipinski definition) is 7. The number of thiazole rings is 1. The van der Waals surface area contributed by atoms with Crippen LogP contribution in [0, 0.1) is 18.3 Å². The number of nitrogens with zero attached hydrogens (tertiary/aromatic N) is 3. The molecular weight excluding hydrogens is 462 g/mol. The maximum absolute atomic E-state index is 12.5. The average molecular weight is 480 g/mol. The zero-order valence-corrected chi connectivity index (χ0v) is 19.7. The molecule has 6 nitrogen and oxygen atoms in total. The zero-order valence-electron chi connectivity index (χ0n) is 17.3. The van der Waals surface area contributed by atoms with E-state index in [0.717, 1.165) is 25.8 Å². The van der Waals surface area contributed by atoms with E-state index in [2.05, 4.69) is 26.7 Å². The van der Waals surface area contributed by atoms with E-state index < -0.39 is 0 Å². The number of carbonyl (C=O) groups excluding carboxylic acids is 1. The molecule has 0 atom stereocenters. The Morgan fingerprint density at radius 1 is 1.19 bits per heavy atom. The van der Waals surface area contributed by atoms with E-state index in [9.17, 15) is 10.1 Å². The molecule has 32 heavy (non-hydrogen) atoms. The number of aryl methyl sites for hydroxylation is 1. The maximum atomic E-state index is 12.5. The molecule has 2 aromatic carbocycles. The van der Waals surface area contributed by atoms with E-state index in [1.807, 2.05) is 38.2 Å². The molecule has 0 aliphatic heterocycles. The largest absolute Gasteiger partial charge is 0.322 e. The zero-order chi connectivity index (χ0) is 22.7. The van der Waals surface area contributed by atoms with Crippen molar-refractivity contribution >= 4 is 56.5 Å². The normalized spacial score (nSPS) is 10.8. The van der Waals surface area contributed by atoms with Gasteiger partial charge in [-0.15, -0.1) is 11.3 Å². The van der Waals surface area contributed by atoms with E-state index in [1.54, 1.807) is 24.3 Å². The molecule has 0 fully saturated rings. The minimum atomic E-state index is -0.209. The number of nitriles is 1. The Balaban J connectivity index is 1.58. The van der Waals surface area contributed by atoms with Crippen molar-refractivity contribution in [3.8, 4) is 6.07 Å². The average Bonchev–Trinajstić information content (AvgIpc) is 3.16. The van der Waals surface area contributed by atoms with Crippen molar-refractivity contribution < 1.29 is 4.79 Å². The van der Waals surface area contributed by atoms with Crippen molar-refractivity contribution in [2.75, 3.05) is 12.4 Å². The number of pyridine rings is 1. The number of aromatic nitrogens is 2. The topological polar surface area (TPSA) is 90.7 Å². The molecule has 0 bridgehead atoms. The van der Waals surface area contributed by atoms with Crippen molar-refractivity contribution in [2.45, 2.75) is 22.8 Å². The number of benzene rings is 2. The lowest BCUT2D eigenvalue weighted by Crippen LogP contribution is -2.11. The Labute approximate surface area is 198 Å². The number of halogens is 1. The molecule has 2 N–H and O–H groups in total. The van der Waals surface area contributed by atoms with E-state index >= 15 is 0 Å². The highest BCUT2D eigenvalue weighted by molar-refractivity contribution is 8.01. The first kappa shape index (κ1) is 22.2. The molecule has 0 saturated carbocycles. The summed E-state index contributed by atoms with van der Waals surface area (Å²) in [6, 6.07) is 16.5. The third-order valence-corrected chi connectivity index (χ3v) is 6.91. The predicted octanol–water partition coefficient (Wildman–Crippen LogP) is 5.65. The molecule has 0 saturated heterocycles. The second kappa shape index (κ2) is 9.67. The Morgan fingerprint density at radius 3 is 2.69 bits per heavy atom. The minimum absolute atomic E-state index is 0.209. The number of carbonyl (C=O) groups is 1. The van der Waals surface area contributed by atoms with Gasteiger partial charge in [0.1, 0.15) is 11.1 Å². The monoisotopic (exact) mass is 479 g/mol. The van der Waals surface area contributed by atoms with Crippen molar-refractivity contribution in [3.63, 3.8) is 0 Å². The summed E-state index contributed by atoms with van der Waals surface area (Å²) in [5.41, 5.74) is 4.36. The van der Waals surface area contributed by atoms with Gasteiger partial charge < -0.3 is 10.6 Å². The van der Waals surface area contributed by atoms with Gasteiger partial charge >= 0.3 is 0 Å². The summed E-state index contributed by atoms with van der Waals surface area (Å²) in [5, 5.41) is 16.9. The number of hydrogen-bond donors (Lipinski definition) is 2. The van der Waals surface area contributed by atoms with Crippen molar-refractivity contribution in [1.82, 2.24) is 15.3 Å². The summed E-state index contributed by atoms with van der Waals surface area (Å²) in [6.45, 7) is 2.51. The third kappa shape index (κ3) is 4.92. The van der Waals surface area contributed by atoms with Crippen LogP contribution in [0.1, 0.15) is 27.2 Å². The van der Waals surface area contributed by atoms with Gasteiger partial charge in [0.15, 0.2) is 4.34 Å². The smallest absolute Gasteiger partial charge is 0.255 e. The fraction of sp³-hybridized carbons (Fsp3) is 0.130. The van der Waals surface area contributed by atoms with Crippen LogP contribution in [0.2, 0.25) is 5.02 Å². The van der Waals surface area contributed by atoms with Crippen LogP contribution in [0.5, 0.6) is 0 Å². The van der Waals surface area contributed by atoms with Crippen LogP contribution in [0.15, 0.2) is 57.9 Å². The minimum Gasteiger partial charge on any atom is -0.322 e. The van der Waals surface area contributed by atoms with Gasteiger partial charge in [-0.05, 0) is 79.8 Å². The lowest BCUT2D eigenvalue weighted by molar-refractivity contribution is 0.102. The highest BCUT2D eigenvalue weighted by Gasteiger charge is 2.15. The van der Waals surface area contributed by atoms with E-state index in [4.69, 9.17) is 11.6 Å². The summed E-state index contributed by atoms with van der Waals surface area (Å²) in [4.78, 5) is 21.7. The molecule has 0 unspecified atom stereocenters. The standard InChI is InChI=1S/C23H18ClN5OS2/c1-13-9-15(12-26-2)18(11-25)22(27-13)32-23-29-19-8-7-17(10-20(19)31-23)28-21(30)14-3-5-16(24)6-4-14/h3-10,26H,12H2,1-2H3,(H,28,30). The molecule has 2 heterocycles. The number of amides is 1. The van der Waals surface area contributed by atoms with Crippen molar-refractivity contribution in [3.05, 3.63) is 75.9 Å². The van der Waals surface area contributed by atoms with Crippen LogP contribution in [0.25, 0.3) is 10.2 Å². The van der Waals surface area contributed by atoms with Gasteiger partial charge in [0, 0.05) is 28.5 Å².